The molecule has 0 bridgehead atoms. The van der Waals surface area contributed by atoms with Gasteiger partial charge in [-0.1, -0.05) is 47.0 Å². The summed E-state index contributed by atoms with van der Waals surface area (Å²) in [5.41, 5.74) is 0.339. The monoisotopic (exact) mass is 421 g/mol. The number of carbonyl (C=O) groups is 3. The highest BCUT2D eigenvalue weighted by atomic mass is 79.9. The van der Waals surface area contributed by atoms with Crippen LogP contribution in [-0.4, -0.2) is 34.8 Å². The molecule has 1 aromatic carbocycles. The number of amides is 4. The van der Waals surface area contributed by atoms with Crippen molar-refractivity contribution in [1.82, 2.24) is 15.5 Å². The van der Waals surface area contributed by atoms with E-state index in [2.05, 4.69) is 26.6 Å². The van der Waals surface area contributed by atoms with E-state index in [1.807, 2.05) is 31.2 Å². The molecule has 1 saturated heterocycles. The summed E-state index contributed by atoms with van der Waals surface area (Å²) in [7, 11) is 0. The average molecular weight is 422 g/mol. The van der Waals surface area contributed by atoms with Crippen molar-refractivity contribution in [2.45, 2.75) is 57.0 Å². The van der Waals surface area contributed by atoms with Crippen molar-refractivity contribution in [2.75, 3.05) is 6.54 Å². The molecule has 4 amide bonds. The molecule has 1 aromatic rings. The summed E-state index contributed by atoms with van der Waals surface area (Å²) < 4.78 is 0.953. The van der Waals surface area contributed by atoms with Crippen LogP contribution in [-0.2, 0) is 9.59 Å². The van der Waals surface area contributed by atoms with Crippen molar-refractivity contribution in [3.63, 3.8) is 0 Å². The normalized spacial score (nSPS) is 19.7. The second-order valence-electron chi connectivity index (χ2n) is 7.09. The summed E-state index contributed by atoms with van der Waals surface area (Å²) in [5.74, 6) is -0.210. The van der Waals surface area contributed by atoms with Gasteiger partial charge in [-0.2, -0.15) is 0 Å². The number of imide groups is 1. The fourth-order valence-corrected chi connectivity index (χ4v) is 4.44. The summed E-state index contributed by atoms with van der Waals surface area (Å²) in [6, 6.07) is 7.32. The number of benzene rings is 1. The molecule has 2 fully saturated rings. The average Bonchev–Trinajstić information content (AvgIpc) is 3.15. The maximum absolute atomic E-state index is 12.6. The zero-order chi connectivity index (χ0) is 18.7. The number of nitrogens with zero attached hydrogens (tertiary/aromatic N) is 1. The Kier molecular flexibility index (Phi) is 5.65. The van der Waals surface area contributed by atoms with Gasteiger partial charge in [-0.05, 0) is 37.8 Å². The van der Waals surface area contributed by atoms with Gasteiger partial charge in [-0.3, -0.25) is 14.5 Å². The van der Waals surface area contributed by atoms with Crippen molar-refractivity contribution < 1.29 is 14.4 Å². The van der Waals surface area contributed by atoms with Gasteiger partial charge in [0.2, 0.25) is 5.91 Å². The number of halogens is 1. The molecule has 140 valence electrons. The fourth-order valence-electron chi connectivity index (χ4n) is 3.81. The minimum absolute atomic E-state index is 0.0871. The number of urea groups is 1. The van der Waals surface area contributed by atoms with Crippen LogP contribution in [0.4, 0.5) is 4.79 Å². The van der Waals surface area contributed by atoms with Gasteiger partial charge < -0.3 is 10.6 Å². The summed E-state index contributed by atoms with van der Waals surface area (Å²) in [4.78, 5) is 38.1. The van der Waals surface area contributed by atoms with Crippen LogP contribution in [0.2, 0.25) is 0 Å². The molecule has 0 radical (unpaired) electrons. The standard InChI is InChI=1S/C19H24BrN3O3/c1-13(14-7-2-3-8-15(14)20)21-16(24)9-6-12-23-17(25)19(22-18(23)26)10-4-5-11-19/h2-3,7-8,13H,4-6,9-12H2,1H3,(H,21,24)(H,22,26)/t13-/m1/s1. The van der Waals surface area contributed by atoms with Gasteiger partial charge in [0.25, 0.3) is 5.91 Å². The Bertz CT molecular complexity index is 716. The van der Waals surface area contributed by atoms with Crippen LogP contribution in [0.1, 0.15) is 57.1 Å². The quantitative estimate of drug-likeness (QED) is 0.691. The molecule has 0 unspecified atom stereocenters. The van der Waals surface area contributed by atoms with Gasteiger partial charge in [0.15, 0.2) is 0 Å². The third-order valence-corrected chi connectivity index (χ3v) is 5.96. The highest BCUT2D eigenvalue weighted by molar-refractivity contribution is 9.10. The maximum atomic E-state index is 12.6. The largest absolute Gasteiger partial charge is 0.350 e. The summed E-state index contributed by atoms with van der Waals surface area (Å²) in [6.45, 7) is 2.21. The lowest BCUT2D eigenvalue weighted by Gasteiger charge is -2.20. The molecule has 6 nitrogen and oxygen atoms in total. The predicted molar refractivity (Wildman–Crippen MR) is 101 cm³/mol. The van der Waals surface area contributed by atoms with Crippen LogP contribution in [0.15, 0.2) is 28.7 Å². The van der Waals surface area contributed by atoms with E-state index in [4.69, 9.17) is 0 Å². The van der Waals surface area contributed by atoms with E-state index in [9.17, 15) is 14.4 Å². The van der Waals surface area contributed by atoms with Crippen molar-refractivity contribution >= 4 is 33.8 Å². The van der Waals surface area contributed by atoms with Gasteiger partial charge in [-0.25, -0.2) is 4.79 Å². The first-order valence-corrected chi connectivity index (χ1v) is 9.90. The molecule has 0 aromatic heterocycles. The second-order valence-corrected chi connectivity index (χ2v) is 7.94. The second kappa shape index (κ2) is 7.78. The van der Waals surface area contributed by atoms with Crippen molar-refractivity contribution in [1.29, 1.82) is 0 Å². The molecule has 7 heteroatoms. The molecule has 1 saturated carbocycles. The number of rotatable bonds is 6. The number of hydrogen-bond donors (Lipinski definition) is 2. The van der Waals surface area contributed by atoms with Crippen molar-refractivity contribution in [3.8, 4) is 0 Å². The number of nitrogens with one attached hydrogen (secondary N) is 2. The smallest absolute Gasteiger partial charge is 0.325 e. The summed E-state index contributed by atoms with van der Waals surface area (Å²) in [5, 5.41) is 5.82. The molecule has 26 heavy (non-hydrogen) atoms. The predicted octanol–water partition coefficient (Wildman–Crippen LogP) is 3.27. The van der Waals surface area contributed by atoms with E-state index in [0.29, 0.717) is 6.42 Å². The zero-order valence-corrected chi connectivity index (χ0v) is 16.5. The molecule has 1 spiro atoms. The topological polar surface area (TPSA) is 78.5 Å². The van der Waals surface area contributed by atoms with Gasteiger partial charge in [-0.15, -0.1) is 0 Å². The van der Waals surface area contributed by atoms with Crippen molar-refractivity contribution in [3.05, 3.63) is 34.3 Å². The van der Waals surface area contributed by atoms with Gasteiger partial charge in [0.1, 0.15) is 5.54 Å². The third-order valence-electron chi connectivity index (χ3n) is 5.24. The van der Waals surface area contributed by atoms with E-state index < -0.39 is 5.54 Å². The van der Waals surface area contributed by atoms with Crippen LogP contribution in [0.5, 0.6) is 0 Å². The van der Waals surface area contributed by atoms with E-state index in [1.165, 1.54) is 4.90 Å². The fraction of sp³-hybridized carbons (Fsp3) is 0.526. The first kappa shape index (κ1) is 18.9. The molecule has 1 aliphatic heterocycles. The lowest BCUT2D eigenvalue weighted by Crippen LogP contribution is -2.44. The molecule has 2 N–H and O–H groups in total. The Hall–Kier alpha value is -1.89. The lowest BCUT2D eigenvalue weighted by atomic mass is 9.98. The number of hydrogen-bond acceptors (Lipinski definition) is 3. The first-order valence-electron chi connectivity index (χ1n) is 9.11. The highest BCUT2D eigenvalue weighted by Gasteiger charge is 2.51. The zero-order valence-electron chi connectivity index (χ0n) is 14.9. The Morgan fingerprint density at radius 2 is 2.00 bits per heavy atom. The Labute approximate surface area is 161 Å². The van der Waals surface area contributed by atoms with Crippen LogP contribution in [0.25, 0.3) is 0 Å². The molecule has 3 rings (SSSR count). The van der Waals surface area contributed by atoms with E-state index in [-0.39, 0.29) is 36.9 Å². The van der Waals surface area contributed by atoms with Gasteiger partial charge >= 0.3 is 6.03 Å². The SMILES string of the molecule is C[C@@H](NC(=O)CCCN1C(=O)NC2(CCCC2)C1=O)c1ccccc1Br. The molecule has 2 aliphatic rings. The molecular weight excluding hydrogens is 398 g/mol. The Morgan fingerprint density at radius 1 is 1.31 bits per heavy atom. The lowest BCUT2D eigenvalue weighted by molar-refractivity contribution is -0.131. The van der Waals surface area contributed by atoms with E-state index >= 15 is 0 Å². The van der Waals surface area contributed by atoms with E-state index in [1.54, 1.807) is 0 Å². The Balaban J connectivity index is 1.47. The summed E-state index contributed by atoms with van der Waals surface area (Å²) in [6.07, 6.45) is 4.11. The minimum atomic E-state index is -0.673. The van der Waals surface area contributed by atoms with Crippen LogP contribution in [0.3, 0.4) is 0 Å². The van der Waals surface area contributed by atoms with Crippen LogP contribution < -0.4 is 10.6 Å². The first-order chi connectivity index (χ1) is 12.4. The maximum Gasteiger partial charge on any atom is 0.325 e. The molecule has 1 aliphatic carbocycles. The highest BCUT2D eigenvalue weighted by Crippen LogP contribution is 2.35. The van der Waals surface area contributed by atoms with Gasteiger partial charge in [0, 0.05) is 17.4 Å². The third kappa shape index (κ3) is 3.77. The van der Waals surface area contributed by atoms with Gasteiger partial charge in [0.05, 0.1) is 6.04 Å². The molecule has 1 atom stereocenters. The van der Waals surface area contributed by atoms with Crippen LogP contribution in [0, 0.1) is 0 Å². The molecule has 1 heterocycles. The summed E-state index contributed by atoms with van der Waals surface area (Å²) >= 11 is 3.49. The van der Waals surface area contributed by atoms with E-state index in [0.717, 1.165) is 35.7 Å². The van der Waals surface area contributed by atoms with Crippen LogP contribution >= 0.6 is 15.9 Å². The molecular formula is C19H24BrN3O3. The number of carbonyl (C=O) groups excluding carboxylic acids is 3. The van der Waals surface area contributed by atoms with Crippen molar-refractivity contribution in [2.24, 2.45) is 0 Å². The Morgan fingerprint density at radius 3 is 2.69 bits per heavy atom. The minimum Gasteiger partial charge on any atom is -0.350 e.